The summed E-state index contributed by atoms with van der Waals surface area (Å²) in [5, 5.41) is 36.4. The largest absolute Gasteiger partial charge is 0.507 e. The molecule has 0 unspecified atom stereocenters. The molecule has 0 saturated heterocycles. The van der Waals surface area contributed by atoms with Crippen molar-refractivity contribution in [1.82, 2.24) is 9.78 Å². The van der Waals surface area contributed by atoms with Crippen molar-refractivity contribution >= 4 is 16.6 Å². The number of phenols is 2. The van der Waals surface area contributed by atoms with Crippen LogP contribution in [0.15, 0.2) is 24.4 Å². The molecule has 0 aliphatic rings. The number of nitro groups is 1. The molecule has 0 saturated carbocycles. The number of aromatic hydroxyl groups is 2. The molecule has 7 heteroatoms. The first-order chi connectivity index (χ1) is 10.8. The smallest absolute Gasteiger partial charge is 0.270 e. The van der Waals surface area contributed by atoms with E-state index < -0.39 is 4.92 Å². The summed E-state index contributed by atoms with van der Waals surface area (Å²) in [6.45, 7) is 5.12. The summed E-state index contributed by atoms with van der Waals surface area (Å²) in [6.07, 6.45) is 1.60. The van der Waals surface area contributed by atoms with Crippen LogP contribution in [0.25, 0.3) is 16.6 Å². The number of phenolic OH excluding ortho intramolecular Hbond substituents is 2. The zero-order chi connectivity index (χ0) is 16.9. The van der Waals surface area contributed by atoms with Crippen LogP contribution in [0.1, 0.15) is 16.7 Å². The van der Waals surface area contributed by atoms with Crippen molar-refractivity contribution in [2.75, 3.05) is 0 Å². The van der Waals surface area contributed by atoms with Crippen LogP contribution in [0.5, 0.6) is 11.5 Å². The fourth-order valence-electron chi connectivity index (χ4n) is 2.63. The minimum absolute atomic E-state index is 0.0269. The summed E-state index contributed by atoms with van der Waals surface area (Å²) in [4.78, 5) is 10.4. The van der Waals surface area contributed by atoms with Crippen LogP contribution >= 0.6 is 0 Å². The highest BCUT2D eigenvalue weighted by Crippen LogP contribution is 2.38. The molecule has 3 aromatic rings. The molecular formula is C16H15N3O4. The fraction of sp³-hybridized carbons (Fsp3) is 0.188. The maximum Gasteiger partial charge on any atom is 0.270 e. The van der Waals surface area contributed by atoms with Gasteiger partial charge in [-0.1, -0.05) is 0 Å². The lowest BCUT2D eigenvalue weighted by Crippen LogP contribution is -2.01. The molecule has 1 heterocycles. The summed E-state index contributed by atoms with van der Waals surface area (Å²) in [5.41, 5.74) is 2.56. The molecule has 0 spiro atoms. The van der Waals surface area contributed by atoms with E-state index in [-0.39, 0.29) is 17.2 Å². The molecule has 2 N–H and O–H groups in total. The first kappa shape index (κ1) is 14.8. The predicted octanol–water partition coefficient (Wildman–Crippen LogP) is 3.27. The van der Waals surface area contributed by atoms with Gasteiger partial charge in [-0.3, -0.25) is 10.1 Å². The standard InChI is InChI=1S/C16H15N3O4/c1-8-9(2)16(21)14(10(3)15(8)20)18-7-11-6-12(19(22)23)4-5-13(11)17-18/h4-7,20-21H,1-3H3. The number of aromatic nitrogens is 2. The second kappa shape index (κ2) is 4.98. The third kappa shape index (κ3) is 2.17. The minimum atomic E-state index is -0.471. The predicted molar refractivity (Wildman–Crippen MR) is 85.3 cm³/mol. The molecule has 0 radical (unpaired) electrons. The van der Waals surface area contributed by atoms with E-state index in [9.17, 15) is 20.3 Å². The Balaban J connectivity index is 2.27. The Hall–Kier alpha value is -3.09. The monoisotopic (exact) mass is 313 g/mol. The lowest BCUT2D eigenvalue weighted by Gasteiger charge is -2.15. The van der Waals surface area contributed by atoms with Gasteiger partial charge in [-0.25, -0.2) is 4.68 Å². The summed E-state index contributed by atoms with van der Waals surface area (Å²) in [7, 11) is 0. The number of hydrogen-bond acceptors (Lipinski definition) is 5. The van der Waals surface area contributed by atoms with Crippen LogP contribution in [0.4, 0.5) is 5.69 Å². The number of nitro benzene ring substituents is 1. The summed E-state index contributed by atoms with van der Waals surface area (Å²) < 4.78 is 1.44. The molecule has 2 aromatic carbocycles. The minimum Gasteiger partial charge on any atom is -0.507 e. The van der Waals surface area contributed by atoms with Gasteiger partial charge in [-0.2, -0.15) is 5.10 Å². The molecule has 0 amide bonds. The van der Waals surface area contributed by atoms with Gasteiger partial charge in [0.15, 0.2) is 0 Å². The van der Waals surface area contributed by atoms with Crippen LogP contribution in [0.3, 0.4) is 0 Å². The second-order valence-corrected chi connectivity index (χ2v) is 5.49. The highest BCUT2D eigenvalue weighted by Gasteiger charge is 2.19. The zero-order valence-corrected chi connectivity index (χ0v) is 12.9. The van der Waals surface area contributed by atoms with E-state index in [4.69, 9.17) is 0 Å². The molecule has 23 heavy (non-hydrogen) atoms. The van der Waals surface area contributed by atoms with Crippen LogP contribution in [-0.2, 0) is 0 Å². The average molecular weight is 313 g/mol. The topological polar surface area (TPSA) is 101 Å². The Morgan fingerprint density at radius 2 is 1.74 bits per heavy atom. The number of non-ortho nitro benzene ring substituents is 1. The summed E-state index contributed by atoms with van der Waals surface area (Å²) in [6, 6.07) is 4.35. The van der Waals surface area contributed by atoms with E-state index in [0.29, 0.717) is 33.3 Å². The molecular weight excluding hydrogens is 298 g/mol. The van der Waals surface area contributed by atoms with Gasteiger partial charge in [0.2, 0.25) is 0 Å². The van der Waals surface area contributed by atoms with Crippen molar-refractivity contribution in [3.8, 4) is 17.2 Å². The van der Waals surface area contributed by atoms with E-state index in [0.717, 1.165) is 0 Å². The van der Waals surface area contributed by atoms with Crippen molar-refractivity contribution < 1.29 is 15.1 Å². The SMILES string of the molecule is Cc1c(C)c(O)c(-n2cc3cc([N+](=O)[O-])ccc3n2)c(C)c1O. The summed E-state index contributed by atoms with van der Waals surface area (Å²) >= 11 is 0. The Morgan fingerprint density at radius 3 is 2.39 bits per heavy atom. The zero-order valence-electron chi connectivity index (χ0n) is 12.9. The maximum atomic E-state index is 10.9. The van der Waals surface area contributed by atoms with Gasteiger partial charge < -0.3 is 10.2 Å². The molecule has 7 nitrogen and oxygen atoms in total. The number of nitrogens with zero attached hydrogens (tertiary/aromatic N) is 3. The molecule has 0 fully saturated rings. The van der Waals surface area contributed by atoms with E-state index in [1.54, 1.807) is 33.0 Å². The van der Waals surface area contributed by atoms with Gasteiger partial charge in [-0.05, 0) is 38.0 Å². The van der Waals surface area contributed by atoms with Crippen molar-refractivity contribution in [3.63, 3.8) is 0 Å². The molecule has 3 rings (SSSR count). The normalized spacial score (nSPS) is 11.1. The Kier molecular flexibility index (Phi) is 3.21. The summed E-state index contributed by atoms with van der Waals surface area (Å²) in [5.74, 6) is 0.126. The second-order valence-electron chi connectivity index (χ2n) is 5.49. The van der Waals surface area contributed by atoms with Gasteiger partial charge >= 0.3 is 0 Å². The van der Waals surface area contributed by atoms with Gasteiger partial charge in [0.05, 0.1) is 10.4 Å². The van der Waals surface area contributed by atoms with Crippen LogP contribution < -0.4 is 0 Å². The fourth-order valence-corrected chi connectivity index (χ4v) is 2.63. The van der Waals surface area contributed by atoms with Crippen molar-refractivity contribution in [1.29, 1.82) is 0 Å². The highest BCUT2D eigenvalue weighted by molar-refractivity contribution is 5.81. The van der Waals surface area contributed by atoms with Crippen LogP contribution in [0.2, 0.25) is 0 Å². The van der Waals surface area contributed by atoms with Crippen molar-refractivity contribution in [2.45, 2.75) is 20.8 Å². The highest BCUT2D eigenvalue weighted by atomic mass is 16.6. The van der Waals surface area contributed by atoms with Crippen molar-refractivity contribution in [3.05, 3.63) is 51.2 Å². The van der Waals surface area contributed by atoms with Crippen molar-refractivity contribution in [2.24, 2.45) is 0 Å². The molecule has 118 valence electrons. The molecule has 0 bridgehead atoms. The maximum absolute atomic E-state index is 10.9. The Labute approximate surface area is 131 Å². The van der Waals surface area contributed by atoms with E-state index in [2.05, 4.69) is 5.10 Å². The first-order valence-corrected chi connectivity index (χ1v) is 6.97. The van der Waals surface area contributed by atoms with E-state index in [1.165, 1.54) is 16.8 Å². The third-order valence-electron chi connectivity index (χ3n) is 4.14. The molecule has 0 aliphatic carbocycles. The van der Waals surface area contributed by atoms with Gasteiger partial charge in [-0.15, -0.1) is 0 Å². The Bertz CT molecular complexity index is 931. The number of benzene rings is 2. The van der Waals surface area contributed by atoms with E-state index in [1.807, 2.05) is 0 Å². The average Bonchev–Trinajstić information content (AvgIpc) is 2.93. The van der Waals surface area contributed by atoms with Gasteiger partial charge in [0, 0.05) is 29.3 Å². The van der Waals surface area contributed by atoms with Gasteiger partial charge in [0.25, 0.3) is 5.69 Å². The van der Waals surface area contributed by atoms with Crippen LogP contribution in [-0.4, -0.2) is 24.9 Å². The lowest BCUT2D eigenvalue weighted by atomic mass is 10.0. The first-order valence-electron chi connectivity index (χ1n) is 6.97. The Morgan fingerprint density at radius 1 is 1.09 bits per heavy atom. The van der Waals surface area contributed by atoms with Gasteiger partial charge in [0.1, 0.15) is 17.2 Å². The number of rotatable bonds is 2. The molecule has 0 aliphatic heterocycles. The molecule has 1 aromatic heterocycles. The number of fused-ring (bicyclic) bond motifs is 1. The number of hydrogen-bond donors (Lipinski definition) is 2. The molecule has 0 atom stereocenters. The lowest BCUT2D eigenvalue weighted by molar-refractivity contribution is -0.384. The van der Waals surface area contributed by atoms with E-state index >= 15 is 0 Å². The third-order valence-corrected chi connectivity index (χ3v) is 4.14. The quantitative estimate of drug-likeness (QED) is 0.429. The van der Waals surface area contributed by atoms with Crippen LogP contribution in [0, 0.1) is 30.9 Å².